The Labute approximate surface area is 239 Å². The molecule has 4 rings (SSSR count). The van der Waals surface area contributed by atoms with Crippen molar-refractivity contribution < 1.29 is 18.8 Å². The first-order valence-electron chi connectivity index (χ1n) is 14.0. The Kier molecular flexibility index (Phi) is 9.16. The number of ether oxygens (including phenoxy) is 1. The highest BCUT2D eigenvalue weighted by Gasteiger charge is 2.54. The van der Waals surface area contributed by atoms with E-state index in [0.29, 0.717) is 6.54 Å². The summed E-state index contributed by atoms with van der Waals surface area (Å²) in [7, 11) is -2.21. The molecule has 0 aromatic heterocycles. The van der Waals surface area contributed by atoms with Crippen molar-refractivity contribution in [3.63, 3.8) is 0 Å². The van der Waals surface area contributed by atoms with Crippen LogP contribution >= 0.6 is 0 Å². The first-order chi connectivity index (χ1) is 19.0. The molecule has 0 radical (unpaired) electrons. The Morgan fingerprint density at radius 2 is 1.43 bits per heavy atom. The fourth-order valence-corrected chi connectivity index (χ4v) is 6.46. The van der Waals surface area contributed by atoms with Gasteiger partial charge in [0.05, 0.1) is 24.1 Å². The molecule has 2 amide bonds. The Hall–Kier alpha value is -3.42. The van der Waals surface area contributed by atoms with Gasteiger partial charge < -0.3 is 19.4 Å². The molecular formula is C33H42N2O4Si. The predicted octanol–water partition coefficient (Wildman–Crippen LogP) is 7.09. The minimum Gasteiger partial charge on any atom is -0.445 e. The maximum absolute atomic E-state index is 13.9. The van der Waals surface area contributed by atoms with Crippen molar-refractivity contribution in [3.05, 3.63) is 108 Å². The van der Waals surface area contributed by atoms with Crippen LogP contribution in [0.5, 0.6) is 0 Å². The highest BCUT2D eigenvalue weighted by atomic mass is 28.4. The molecule has 1 N–H and O–H groups in total. The van der Waals surface area contributed by atoms with Gasteiger partial charge in [0, 0.05) is 6.54 Å². The Balaban J connectivity index is 1.62. The van der Waals surface area contributed by atoms with Crippen molar-refractivity contribution in [1.82, 2.24) is 10.2 Å². The summed E-state index contributed by atoms with van der Waals surface area (Å²) in [5, 5.41) is 3.04. The Morgan fingerprint density at radius 1 is 0.900 bits per heavy atom. The molecule has 212 valence electrons. The molecule has 3 aromatic rings. The molecule has 0 saturated carbocycles. The molecule has 1 aliphatic heterocycles. The topological polar surface area (TPSA) is 67.9 Å². The highest BCUT2D eigenvalue weighted by Crippen LogP contribution is 2.45. The van der Waals surface area contributed by atoms with Crippen molar-refractivity contribution in [2.45, 2.75) is 77.2 Å². The summed E-state index contributed by atoms with van der Waals surface area (Å²) in [6.45, 7) is 13.6. The van der Waals surface area contributed by atoms with Crippen LogP contribution in [0.15, 0.2) is 91.0 Å². The van der Waals surface area contributed by atoms with Gasteiger partial charge in [0.1, 0.15) is 6.61 Å². The molecule has 6 nitrogen and oxygen atoms in total. The van der Waals surface area contributed by atoms with Crippen molar-refractivity contribution in [2.24, 2.45) is 5.92 Å². The maximum Gasteiger partial charge on any atom is 0.407 e. The first kappa shape index (κ1) is 29.6. The van der Waals surface area contributed by atoms with Gasteiger partial charge in [-0.05, 0) is 41.7 Å². The molecule has 0 aliphatic carbocycles. The average molecular weight is 559 g/mol. The van der Waals surface area contributed by atoms with E-state index in [-0.39, 0.29) is 23.6 Å². The summed E-state index contributed by atoms with van der Waals surface area (Å²) in [4.78, 5) is 29.0. The molecule has 1 saturated heterocycles. The van der Waals surface area contributed by atoms with Gasteiger partial charge in [-0.1, -0.05) is 112 Å². The number of hydrogen-bond donors (Lipinski definition) is 1. The smallest absolute Gasteiger partial charge is 0.407 e. The molecule has 7 heteroatoms. The SMILES string of the molecule is CC(O[Si](C)(C)C(C)(C)C)[C@@H](NC(=O)OCc1ccccc1)[C@@H]1C(=O)N(Cc2ccccc2)[C@H]1c1ccccc1. The van der Waals surface area contributed by atoms with Gasteiger partial charge in [0.25, 0.3) is 0 Å². The van der Waals surface area contributed by atoms with Crippen molar-refractivity contribution in [3.8, 4) is 0 Å². The number of nitrogens with zero attached hydrogens (tertiary/aromatic N) is 1. The van der Waals surface area contributed by atoms with E-state index in [4.69, 9.17) is 9.16 Å². The largest absolute Gasteiger partial charge is 0.445 e. The van der Waals surface area contributed by atoms with Gasteiger partial charge in [0.15, 0.2) is 8.32 Å². The monoisotopic (exact) mass is 558 g/mol. The number of carbonyl (C=O) groups is 2. The number of carbonyl (C=O) groups excluding carboxylic acids is 2. The zero-order valence-electron chi connectivity index (χ0n) is 24.5. The summed E-state index contributed by atoms with van der Waals surface area (Å²) in [6, 6.07) is 28.8. The van der Waals surface area contributed by atoms with Crippen molar-refractivity contribution >= 4 is 20.3 Å². The number of likely N-dealkylation sites (tertiary alicyclic amines) is 1. The van der Waals surface area contributed by atoms with Crippen LogP contribution in [0.1, 0.15) is 50.4 Å². The van der Waals surface area contributed by atoms with Crippen LogP contribution in [0.2, 0.25) is 18.1 Å². The van der Waals surface area contributed by atoms with Gasteiger partial charge in [-0.3, -0.25) is 4.79 Å². The molecule has 0 bridgehead atoms. The Morgan fingerprint density at radius 3 is 1.98 bits per heavy atom. The molecule has 1 aliphatic rings. The van der Waals surface area contributed by atoms with E-state index >= 15 is 0 Å². The van der Waals surface area contributed by atoms with E-state index < -0.39 is 32.5 Å². The number of rotatable bonds is 10. The maximum atomic E-state index is 13.9. The van der Waals surface area contributed by atoms with E-state index in [1.54, 1.807) is 0 Å². The quantitative estimate of drug-likeness (QED) is 0.213. The molecule has 1 heterocycles. The second-order valence-electron chi connectivity index (χ2n) is 12.1. The molecule has 0 spiro atoms. The lowest BCUT2D eigenvalue weighted by atomic mass is 9.75. The summed E-state index contributed by atoms with van der Waals surface area (Å²) >= 11 is 0. The van der Waals surface area contributed by atoms with Crippen LogP contribution in [0.4, 0.5) is 4.79 Å². The lowest BCUT2D eigenvalue weighted by Crippen LogP contribution is -2.65. The standard InChI is InChI=1S/C33H42N2O4Si/c1-24(39-40(5,6)33(2,3)4)29(34-32(37)38-23-26-18-12-8-13-19-26)28-30(27-20-14-9-15-21-27)35(31(28)36)22-25-16-10-7-11-17-25/h7-21,24,28-30H,22-23H2,1-6H3,(H,34,37)/t24?,28-,29+,30-/m0/s1. The second-order valence-corrected chi connectivity index (χ2v) is 16.9. The molecule has 4 atom stereocenters. The van der Waals surface area contributed by atoms with Gasteiger partial charge in [-0.25, -0.2) is 4.79 Å². The zero-order valence-corrected chi connectivity index (χ0v) is 25.5. The van der Waals surface area contributed by atoms with Crippen LogP contribution in [-0.2, 0) is 27.1 Å². The third-order valence-corrected chi connectivity index (χ3v) is 12.8. The molecular weight excluding hydrogens is 516 g/mol. The normalized spacial score (nSPS) is 18.9. The lowest BCUT2D eigenvalue weighted by Gasteiger charge is -2.52. The van der Waals surface area contributed by atoms with Crippen molar-refractivity contribution in [1.29, 1.82) is 0 Å². The number of nitrogens with one attached hydrogen (secondary N) is 1. The lowest BCUT2D eigenvalue weighted by molar-refractivity contribution is -0.162. The van der Waals surface area contributed by atoms with E-state index in [1.165, 1.54) is 0 Å². The molecule has 40 heavy (non-hydrogen) atoms. The van der Waals surface area contributed by atoms with Crippen LogP contribution in [-0.4, -0.2) is 37.4 Å². The number of benzene rings is 3. The Bertz CT molecular complexity index is 1260. The van der Waals surface area contributed by atoms with Crippen LogP contribution in [0.3, 0.4) is 0 Å². The van der Waals surface area contributed by atoms with E-state index in [9.17, 15) is 9.59 Å². The first-order valence-corrected chi connectivity index (χ1v) is 16.9. The summed E-state index contributed by atoms with van der Waals surface area (Å²) in [6.07, 6.45) is -0.954. The summed E-state index contributed by atoms with van der Waals surface area (Å²) < 4.78 is 12.4. The van der Waals surface area contributed by atoms with Gasteiger partial charge >= 0.3 is 6.09 Å². The van der Waals surface area contributed by atoms with E-state index in [2.05, 4.69) is 39.2 Å². The van der Waals surface area contributed by atoms with E-state index in [1.807, 2.05) is 103 Å². The van der Waals surface area contributed by atoms with Crippen LogP contribution in [0.25, 0.3) is 0 Å². The van der Waals surface area contributed by atoms with E-state index in [0.717, 1.165) is 16.7 Å². The minimum atomic E-state index is -2.21. The van der Waals surface area contributed by atoms with Crippen LogP contribution < -0.4 is 5.32 Å². The van der Waals surface area contributed by atoms with Gasteiger partial charge in [-0.2, -0.15) is 0 Å². The number of β-lactam (4-membered cyclic amide) rings is 1. The average Bonchev–Trinajstić information content (AvgIpc) is 2.93. The third kappa shape index (κ3) is 6.82. The summed E-state index contributed by atoms with van der Waals surface area (Å²) in [5.74, 6) is -0.494. The zero-order chi connectivity index (χ0) is 28.9. The van der Waals surface area contributed by atoms with Crippen LogP contribution in [0, 0.1) is 5.92 Å². The highest BCUT2D eigenvalue weighted by molar-refractivity contribution is 6.74. The molecule has 1 unspecified atom stereocenters. The molecule has 1 fully saturated rings. The minimum absolute atomic E-state index is 0.00301. The number of amides is 2. The predicted molar refractivity (Wildman–Crippen MR) is 161 cm³/mol. The van der Waals surface area contributed by atoms with Crippen molar-refractivity contribution in [2.75, 3.05) is 0 Å². The van der Waals surface area contributed by atoms with Gasteiger partial charge in [-0.15, -0.1) is 0 Å². The fraction of sp³-hybridized carbons (Fsp3) is 0.394. The fourth-order valence-electron chi connectivity index (χ4n) is 5.03. The second kappa shape index (κ2) is 12.4. The number of hydrogen-bond acceptors (Lipinski definition) is 4. The molecule has 3 aromatic carbocycles. The number of alkyl carbamates (subject to hydrolysis) is 1. The summed E-state index contributed by atoms with van der Waals surface area (Å²) in [5.41, 5.74) is 3.00. The van der Waals surface area contributed by atoms with Gasteiger partial charge in [0.2, 0.25) is 5.91 Å². The third-order valence-electron chi connectivity index (χ3n) is 8.26.